The van der Waals surface area contributed by atoms with E-state index in [1.165, 1.54) is 12.1 Å². The van der Waals surface area contributed by atoms with Gasteiger partial charge in [0.15, 0.2) is 0 Å². The summed E-state index contributed by atoms with van der Waals surface area (Å²) in [6, 6.07) is 11.8. The van der Waals surface area contributed by atoms with Crippen LogP contribution in [0.5, 0.6) is 0 Å². The summed E-state index contributed by atoms with van der Waals surface area (Å²) in [5.41, 5.74) is 0.0639. The van der Waals surface area contributed by atoms with Crippen molar-refractivity contribution in [3.63, 3.8) is 0 Å². The molecule has 2 aromatic carbocycles. The van der Waals surface area contributed by atoms with E-state index in [4.69, 9.17) is 9.57 Å². The highest BCUT2D eigenvalue weighted by Crippen LogP contribution is 2.42. The van der Waals surface area contributed by atoms with Crippen LogP contribution >= 0.6 is 0 Å². The summed E-state index contributed by atoms with van der Waals surface area (Å²) >= 11 is 0. The molecule has 1 heterocycles. The largest absolute Gasteiger partial charge is 0.478 e. The topological polar surface area (TPSA) is 68.1 Å². The predicted octanol–water partition coefficient (Wildman–Crippen LogP) is 6.06. The second-order valence-electron chi connectivity index (χ2n) is 8.02. The zero-order valence-corrected chi connectivity index (χ0v) is 18.0. The van der Waals surface area contributed by atoms with Gasteiger partial charge in [0.2, 0.25) is 0 Å². The second kappa shape index (κ2) is 9.73. The summed E-state index contributed by atoms with van der Waals surface area (Å²) in [7, 11) is 0. The summed E-state index contributed by atoms with van der Waals surface area (Å²) in [4.78, 5) is 17.9. The number of ether oxygens (including phenoxy) is 1. The maximum absolute atomic E-state index is 13.0. The Hall–Kier alpha value is -2.87. The number of carboxylic acids is 1. The highest BCUT2D eigenvalue weighted by molar-refractivity contribution is 5.93. The number of rotatable bonds is 9. The number of hydrogen-bond donors (Lipinski definition) is 1. The van der Waals surface area contributed by atoms with E-state index >= 15 is 0 Å². The molecule has 0 aliphatic carbocycles. The maximum atomic E-state index is 13.0. The van der Waals surface area contributed by atoms with E-state index in [2.05, 4.69) is 5.16 Å². The van der Waals surface area contributed by atoms with Crippen LogP contribution in [0.15, 0.2) is 53.7 Å². The van der Waals surface area contributed by atoms with Crippen molar-refractivity contribution >= 4 is 11.7 Å². The minimum atomic E-state index is -4.50. The number of halogens is 3. The molecule has 32 heavy (non-hydrogen) atoms. The number of carboxylic acid groups (broad SMARTS) is 1. The van der Waals surface area contributed by atoms with Crippen molar-refractivity contribution in [2.45, 2.75) is 64.0 Å². The molecule has 2 unspecified atom stereocenters. The molecule has 1 aliphatic heterocycles. The van der Waals surface area contributed by atoms with E-state index in [0.717, 1.165) is 36.1 Å². The van der Waals surface area contributed by atoms with Gasteiger partial charge in [0.1, 0.15) is 6.10 Å². The lowest BCUT2D eigenvalue weighted by Gasteiger charge is -2.31. The number of carbonyl (C=O) groups is 1. The van der Waals surface area contributed by atoms with Crippen molar-refractivity contribution in [3.8, 4) is 0 Å². The molecule has 0 fully saturated rings. The summed E-state index contributed by atoms with van der Waals surface area (Å²) < 4.78 is 45.1. The van der Waals surface area contributed by atoms with E-state index in [-0.39, 0.29) is 18.6 Å². The van der Waals surface area contributed by atoms with Crippen LogP contribution in [-0.4, -0.2) is 22.4 Å². The molecule has 1 N–H and O–H groups in total. The first kappa shape index (κ1) is 23.8. The van der Waals surface area contributed by atoms with Gasteiger partial charge in [-0.05, 0) is 43.0 Å². The molecule has 0 saturated carbocycles. The highest BCUT2D eigenvalue weighted by Gasteiger charge is 2.54. The van der Waals surface area contributed by atoms with Crippen molar-refractivity contribution in [2.75, 3.05) is 0 Å². The molecule has 2 atom stereocenters. The summed E-state index contributed by atoms with van der Waals surface area (Å²) in [5, 5.41) is 14.1. The lowest BCUT2D eigenvalue weighted by molar-refractivity contribution is -0.187. The fourth-order valence-electron chi connectivity index (χ4n) is 3.61. The minimum Gasteiger partial charge on any atom is -0.478 e. The number of nitrogens with zero attached hydrogens (tertiary/aromatic N) is 1. The first-order chi connectivity index (χ1) is 15.2. The Morgan fingerprint density at radius 2 is 1.84 bits per heavy atom. The average molecular weight is 449 g/mol. The molecule has 0 saturated heterocycles. The maximum Gasteiger partial charge on any atom is 0.416 e. The SMILES string of the molecule is CCCCC1=NOC(C(=O)O)(C(OCc2ccc(C)cc2)c2ccc(C(F)(F)F)cc2)C1. The van der Waals surface area contributed by atoms with Crippen LogP contribution in [0.3, 0.4) is 0 Å². The zero-order valence-electron chi connectivity index (χ0n) is 18.0. The van der Waals surface area contributed by atoms with Crippen molar-refractivity contribution in [1.29, 1.82) is 0 Å². The Kier molecular flexibility index (Phi) is 7.23. The van der Waals surface area contributed by atoms with Crippen LogP contribution in [0, 0.1) is 6.92 Å². The highest BCUT2D eigenvalue weighted by atomic mass is 19.4. The third kappa shape index (κ3) is 5.30. The Morgan fingerprint density at radius 1 is 1.19 bits per heavy atom. The number of oxime groups is 1. The number of aliphatic carboxylic acids is 1. The van der Waals surface area contributed by atoms with Gasteiger partial charge < -0.3 is 14.7 Å². The van der Waals surface area contributed by atoms with Crippen LogP contribution < -0.4 is 0 Å². The Morgan fingerprint density at radius 3 is 2.41 bits per heavy atom. The number of hydrogen-bond acceptors (Lipinski definition) is 4. The number of benzene rings is 2. The van der Waals surface area contributed by atoms with Gasteiger partial charge >= 0.3 is 12.1 Å². The van der Waals surface area contributed by atoms with Gasteiger partial charge in [0, 0.05) is 6.42 Å². The molecular formula is C24H26F3NO4. The molecular weight excluding hydrogens is 423 g/mol. The Balaban J connectivity index is 1.93. The van der Waals surface area contributed by atoms with Gasteiger partial charge in [-0.2, -0.15) is 13.2 Å². The van der Waals surface area contributed by atoms with Crippen LogP contribution in [0.25, 0.3) is 0 Å². The number of alkyl halides is 3. The Bertz CT molecular complexity index is 955. The summed E-state index contributed by atoms with van der Waals surface area (Å²) in [6.45, 7) is 4.02. The normalized spacial score (nSPS) is 19.3. The summed E-state index contributed by atoms with van der Waals surface area (Å²) in [5.74, 6) is -1.28. The van der Waals surface area contributed by atoms with Crippen LogP contribution in [-0.2, 0) is 27.2 Å². The van der Waals surface area contributed by atoms with Crippen LogP contribution in [0.2, 0.25) is 0 Å². The van der Waals surface area contributed by atoms with Gasteiger partial charge in [0.25, 0.3) is 5.60 Å². The molecule has 0 spiro atoms. The molecule has 0 bridgehead atoms. The molecule has 0 amide bonds. The summed E-state index contributed by atoms with van der Waals surface area (Å²) in [6.07, 6.45) is -3.34. The smallest absolute Gasteiger partial charge is 0.416 e. The quantitative estimate of drug-likeness (QED) is 0.505. The van der Waals surface area contributed by atoms with Crippen LogP contribution in [0.4, 0.5) is 13.2 Å². The average Bonchev–Trinajstić information content (AvgIpc) is 3.19. The van der Waals surface area contributed by atoms with Crippen molar-refractivity contribution in [3.05, 3.63) is 70.8 Å². The molecule has 0 radical (unpaired) electrons. The molecule has 2 aromatic rings. The van der Waals surface area contributed by atoms with Gasteiger partial charge in [-0.1, -0.05) is 60.5 Å². The number of aryl methyl sites for hydroxylation is 1. The first-order valence-corrected chi connectivity index (χ1v) is 10.5. The fraction of sp³-hybridized carbons (Fsp3) is 0.417. The second-order valence-corrected chi connectivity index (χ2v) is 8.02. The van der Waals surface area contributed by atoms with Crippen molar-refractivity contribution in [1.82, 2.24) is 0 Å². The van der Waals surface area contributed by atoms with Crippen molar-refractivity contribution < 1.29 is 32.6 Å². The Labute approximate surface area is 184 Å². The van der Waals surface area contributed by atoms with Gasteiger partial charge in [-0.3, -0.25) is 0 Å². The standard InChI is InChI=1S/C24H26F3NO4/c1-3-4-5-20-14-23(22(29)30,32-28-20)21(31-15-17-8-6-16(2)7-9-17)18-10-12-19(13-11-18)24(25,26)27/h6-13,21H,3-5,14-15H2,1-2H3,(H,29,30). The lowest BCUT2D eigenvalue weighted by atomic mass is 9.85. The predicted molar refractivity (Wildman–Crippen MR) is 113 cm³/mol. The third-order valence-corrected chi connectivity index (χ3v) is 5.49. The first-order valence-electron chi connectivity index (χ1n) is 10.5. The molecule has 8 heteroatoms. The van der Waals surface area contributed by atoms with Gasteiger partial charge in [-0.25, -0.2) is 4.79 Å². The van der Waals surface area contributed by atoms with E-state index in [9.17, 15) is 23.1 Å². The van der Waals surface area contributed by atoms with E-state index in [0.29, 0.717) is 12.1 Å². The van der Waals surface area contributed by atoms with E-state index < -0.39 is 29.4 Å². The molecule has 3 rings (SSSR count). The third-order valence-electron chi connectivity index (χ3n) is 5.49. The molecule has 5 nitrogen and oxygen atoms in total. The monoisotopic (exact) mass is 449 g/mol. The molecule has 0 aromatic heterocycles. The zero-order chi connectivity index (χ0) is 23.4. The van der Waals surface area contributed by atoms with Crippen LogP contribution in [0.1, 0.15) is 61.0 Å². The van der Waals surface area contributed by atoms with Gasteiger partial charge in [0.05, 0.1) is 17.9 Å². The minimum absolute atomic E-state index is 0.00190. The van der Waals surface area contributed by atoms with Crippen molar-refractivity contribution in [2.24, 2.45) is 5.16 Å². The van der Waals surface area contributed by atoms with E-state index in [1.807, 2.05) is 38.1 Å². The molecule has 172 valence electrons. The lowest BCUT2D eigenvalue weighted by Crippen LogP contribution is -2.46. The fourth-order valence-corrected chi connectivity index (χ4v) is 3.61. The van der Waals surface area contributed by atoms with Gasteiger partial charge in [-0.15, -0.1) is 0 Å². The molecule has 1 aliphatic rings. The van der Waals surface area contributed by atoms with E-state index in [1.54, 1.807) is 0 Å². The number of unbranched alkanes of at least 4 members (excludes halogenated alkanes) is 1.